The summed E-state index contributed by atoms with van der Waals surface area (Å²) in [4.78, 5) is 14.6. The van der Waals surface area contributed by atoms with E-state index in [4.69, 9.17) is 0 Å². The Morgan fingerprint density at radius 2 is 2.50 bits per heavy atom. The van der Waals surface area contributed by atoms with E-state index in [1.807, 2.05) is 6.20 Å². The van der Waals surface area contributed by atoms with Gasteiger partial charge in [-0.1, -0.05) is 6.07 Å². The van der Waals surface area contributed by atoms with E-state index in [-0.39, 0.29) is 5.97 Å². The number of carbonyl (C=O) groups is 1. The normalized spacial score (nSPS) is 15.3. The maximum Gasteiger partial charge on any atom is 0.331 e. The van der Waals surface area contributed by atoms with E-state index in [1.54, 1.807) is 11.3 Å². The van der Waals surface area contributed by atoms with Gasteiger partial charge in [-0.15, -0.1) is 11.3 Å². The molecule has 1 aliphatic carbocycles. The van der Waals surface area contributed by atoms with Crippen molar-refractivity contribution in [1.29, 1.82) is 0 Å². The van der Waals surface area contributed by atoms with Crippen molar-refractivity contribution >= 4 is 17.3 Å². The summed E-state index contributed by atoms with van der Waals surface area (Å²) >= 11 is 1.74. The molecule has 16 heavy (non-hydrogen) atoms. The maximum absolute atomic E-state index is 11.0. The zero-order valence-electron chi connectivity index (χ0n) is 9.26. The molecule has 3 nitrogen and oxygen atoms in total. The van der Waals surface area contributed by atoms with Crippen molar-refractivity contribution < 1.29 is 9.53 Å². The highest BCUT2D eigenvalue weighted by Crippen LogP contribution is 2.29. The van der Waals surface area contributed by atoms with Crippen molar-refractivity contribution in [2.24, 2.45) is 0 Å². The van der Waals surface area contributed by atoms with Gasteiger partial charge in [0.15, 0.2) is 0 Å². The Morgan fingerprint density at radius 3 is 3.06 bits per heavy atom. The molecule has 2 rings (SSSR count). The maximum atomic E-state index is 11.0. The van der Waals surface area contributed by atoms with Gasteiger partial charge >= 0.3 is 5.97 Å². The molecule has 0 saturated heterocycles. The van der Waals surface area contributed by atoms with Gasteiger partial charge in [0.1, 0.15) is 0 Å². The lowest BCUT2D eigenvalue weighted by Gasteiger charge is -2.18. The summed E-state index contributed by atoms with van der Waals surface area (Å²) in [6.45, 7) is 0.885. The molecular formula is C12H15NO2S. The summed E-state index contributed by atoms with van der Waals surface area (Å²) in [6.07, 6.45) is 5.78. The Hall–Kier alpha value is -1.29. The summed E-state index contributed by atoms with van der Waals surface area (Å²) in [5.74, 6) is -0.295. The van der Waals surface area contributed by atoms with E-state index in [9.17, 15) is 4.79 Å². The smallest absolute Gasteiger partial charge is 0.331 e. The van der Waals surface area contributed by atoms with Crippen molar-refractivity contribution in [1.82, 2.24) is 4.90 Å². The van der Waals surface area contributed by atoms with Gasteiger partial charge in [0.2, 0.25) is 0 Å². The van der Waals surface area contributed by atoms with Gasteiger partial charge in [0.25, 0.3) is 0 Å². The molecule has 1 aromatic heterocycles. The third kappa shape index (κ3) is 3.10. The fraction of sp³-hybridized carbons (Fsp3) is 0.417. The Morgan fingerprint density at radius 1 is 1.69 bits per heavy atom. The van der Waals surface area contributed by atoms with Crippen LogP contribution in [0.2, 0.25) is 0 Å². The number of nitrogens with zero attached hydrogens (tertiary/aromatic N) is 1. The van der Waals surface area contributed by atoms with Crippen molar-refractivity contribution in [3.05, 3.63) is 34.7 Å². The van der Waals surface area contributed by atoms with Gasteiger partial charge in [0, 0.05) is 23.2 Å². The molecule has 0 N–H and O–H groups in total. The van der Waals surface area contributed by atoms with E-state index >= 15 is 0 Å². The third-order valence-electron chi connectivity index (χ3n) is 2.54. The van der Waals surface area contributed by atoms with Crippen LogP contribution in [-0.4, -0.2) is 24.0 Å². The molecular weight excluding hydrogens is 222 g/mol. The molecule has 1 saturated carbocycles. The second-order valence-electron chi connectivity index (χ2n) is 3.82. The minimum atomic E-state index is -0.295. The highest BCUT2D eigenvalue weighted by molar-refractivity contribution is 7.09. The van der Waals surface area contributed by atoms with Crippen LogP contribution in [0.4, 0.5) is 0 Å². The second kappa shape index (κ2) is 5.16. The molecule has 1 heterocycles. The van der Waals surface area contributed by atoms with Crippen LogP contribution in [-0.2, 0) is 16.1 Å². The topological polar surface area (TPSA) is 29.5 Å². The van der Waals surface area contributed by atoms with Crippen LogP contribution in [0.15, 0.2) is 29.8 Å². The zero-order valence-corrected chi connectivity index (χ0v) is 10.1. The first kappa shape index (κ1) is 11.2. The number of hydrogen-bond donors (Lipinski definition) is 0. The summed E-state index contributed by atoms with van der Waals surface area (Å²) < 4.78 is 4.59. The molecule has 0 spiro atoms. The number of esters is 1. The first-order valence-corrected chi connectivity index (χ1v) is 6.22. The molecule has 0 unspecified atom stereocenters. The molecule has 0 atom stereocenters. The van der Waals surface area contributed by atoms with Crippen LogP contribution in [0, 0.1) is 0 Å². The fourth-order valence-electron chi connectivity index (χ4n) is 1.52. The van der Waals surface area contributed by atoms with Crippen molar-refractivity contribution in [2.45, 2.75) is 25.4 Å². The summed E-state index contributed by atoms with van der Waals surface area (Å²) in [7, 11) is 1.40. The van der Waals surface area contributed by atoms with E-state index in [0.717, 1.165) is 6.54 Å². The summed E-state index contributed by atoms with van der Waals surface area (Å²) in [6, 6.07) is 4.77. The minimum Gasteiger partial charge on any atom is -0.466 e. The molecule has 1 aliphatic rings. The van der Waals surface area contributed by atoms with Gasteiger partial charge in [-0.3, -0.25) is 0 Å². The lowest BCUT2D eigenvalue weighted by atomic mass is 10.4. The number of thiophene rings is 1. The lowest BCUT2D eigenvalue weighted by molar-refractivity contribution is -0.134. The van der Waals surface area contributed by atoms with Gasteiger partial charge in [-0.2, -0.15) is 0 Å². The predicted molar refractivity (Wildman–Crippen MR) is 64.0 cm³/mol. The molecule has 0 aliphatic heterocycles. The van der Waals surface area contributed by atoms with Gasteiger partial charge in [-0.25, -0.2) is 4.79 Å². The average Bonchev–Trinajstić information content (AvgIpc) is 3.02. The molecule has 1 fully saturated rings. The van der Waals surface area contributed by atoms with Gasteiger partial charge < -0.3 is 9.64 Å². The van der Waals surface area contributed by atoms with Gasteiger partial charge in [-0.05, 0) is 24.3 Å². The van der Waals surface area contributed by atoms with Crippen molar-refractivity contribution in [3.8, 4) is 0 Å². The molecule has 0 aromatic carbocycles. The van der Waals surface area contributed by atoms with Crippen molar-refractivity contribution in [3.63, 3.8) is 0 Å². The summed E-state index contributed by atoms with van der Waals surface area (Å²) in [5, 5.41) is 2.07. The Kier molecular flexibility index (Phi) is 3.62. The zero-order chi connectivity index (χ0) is 11.4. The van der Waals surface area contributed by atoms with E-state index in [2.05, 4.69) is 27.1 Å². The van der Waals surface area contributed by atoms with Crippen LogP contribution >= 0.6 is 11.3 Å². The highest BCUT2D eigenvalue weighted by atomic mass is 32.1. The number of methoxy groups -OCH3 is 1. The van der Waals surface area contributed by atoms with E-state index < -0.39 is 0 Å². The SMILES string of the molecule is COC(=O)C=CN(Cc1cccs1)C1CC1. The minimum absolute atomic E-state index is 0.295. The third-order valence-corrected chi connectivity index (χ3v) is 3.40. The molecule has 1 aromatic rings. The predicted octanol–water partition coefficient (Wildman–Crippen LogP) is 2.40. The largest absolute Gasteiger partial charge is 0.466 e. The van der Waals surface area contributed by atoms with E-state index in [1.165, 1.54) is 30.9 Å². The average molecular weight is 237 g/mol. The second-order valence-corrected chi connectivity index (χ2v) is 4.85. The molecule has 0 radical (unpaired) electrons. The molecule has 0 amide bonds. The monoisotopic (exact) mass is 237 g/mol. The standard InChI is InChI=1S/C12H15NO2S/c1-15-12(14)6-7-13(10-4-5-10)9-11-3-2-8-16-11/h2-3,6-8,10H,4-5,9H2,1H3. The first-order valence-electron chi connectivity index (χ1n) is 5.34. The Labute approximate surface area is 99.3 Å². The van der Waals surface area contributed by atoms with Crippen LogP contribution in [0.25, 0.3) is 0 Å². The Bertz CT molecular complexity index is 368. The molecule has 4 heteroatoms. The van der Waals surface area contributed by atoms with Crippen LogP contribution in [0.3, 0.4) is 0 Å². The fourth-order valence-corrected chi connectivity index (χ4v) is 2.23. The number of carbonyl (C=O) groups excluding carboxylic acids is 1. The lowest BCUT2D eigenvalue weighted by Crippen LogP contribution is -2.19. The molecule has 86 valence electrons. The quantitative estimate of drug-likeness (QED) is 0.582. The molecule has 0 bridgehead atoms. The van der Waals surface area contributed by atoms with E-state index in [0.29, 0.717) is 6.04 Å². The van der Waals surface area contributed by atoms with Crippen molar-refractivity contribution in [2.75, 3.05) is 7.11 Å². The van der Waals surface area contributed by atoms with Crippen LogP contribution in [0.5, 0.6) is 0 Å². The van der Waals surface area contributed by atoms with Gasteiger partial charge in [0.05, 0.1) is 13.7 Å². The summed E-state index contributed by atoms with van der Waals surface area (Å²) in [5.41, 5.74) is 0. The first-order chi connectivity index (χ1) is 7.79. The number of ether oxygens (including phenoxy) is 1. The Balaban J connectivity index is 1.95. The van der Waals surface area contributed by atoms with Crippen LogP contribution < -0.4 is 0 Å². The number of hydrogen-bond acceptors (Lipinski definition) is 4. The van der Waals surface area contributed by atoms with Crippen LogP contribution in [0.1, 0.15) is 17.7 Å². The highest BCUT2D eigenvalue weighted by Gasteiger charge is 2.27. The number of rotatable bonds is 5.